The highest BCUT2D eigenvalue weighted by molar-refractivity contribution is 5.84. The number of nitrogens with zero attached hydrogens (tertiary/aromatic N) is 2. The highest BCUT2D eigenvalue weighted by Gasteiger charge is 2.38. The smallest absolute Gasteiger partial charge is 0.141 e. The number of rotatable bonds is 6. The molecule has 3 heteroatoms. The molecule has 4 atom stereocenters. The summed E-state index contributed by atoms with van der Waals surface area (Å²) in [6.07, 6.45) is 2.03. The third-order valence-electron chi connectivity index (χ3n) is 6.90. The molecular weight excluding hydrogens is 344 g/mol. The molecule has 2 saturated heterocycles. The molecule has 148 valence electrons. The third-order valence-corrected chi connectivity index (χ3v) is 6.90. The topological polar surface area (TPSA) is 23.6 Å². The van der Waals surface area contributed by atoms with Crippen LogP contribution in [0.2, 0.25) is 0 Å². The monoisotopic (exact) mass is 376 g/mol. The average Bonchev–Trinajstić information content (AvgIpc) is 3.44. The fourth-order valence-electron chi connectivity index (χ4n) is 4.96. The summed E-state index contributed by atoms with van der Waals surface area (Å²) in [4.78, 5) is 18.2. The number of hydrogen-bond donors (Lipinski definition) is 0. The molecule has 0 radical (unpaired) electrons. The number of benzene rings is 2. The van der Waals surface area contributed by atoms with Crippen LogP contribution in [0.25, 0.3) is 0 Å². The van der Waals surface area contributed by atoms with Gasteiger partial charge in [-0.1, -0.05) is 60.7 Å². The minimum Gasteiger partial charge on any atom is -0.299 e. The van der Waals surface area contributed by atoms with Crippen LogP contribution in [0.1, 0.15) is 49.9 Å². The Morgan fingerprint density at radius 1 is 0.750 bits per heavy atom. The van der Waals surface area contributed by atoms with Crippen LogP contribution in [-0.2, 0) is 4.79 Å². The van der Waals surface area contributed by atoms with Crippen LogP contribution in [0.15, 0.2) is 60.7 Å². The van der Waals surface area contributed by atoms with Crippen molar-refractivity contribution in [1.82, 2.24) is 9.80 Å². The van der Waals surface area contributed by atoms with Crippen molar-refractivity contribution in [3.8, 4) is 0 Å². The summed E-state index contributed by atoms with van der Waals surface area (Å²) >= 11 is 0. The molecule has 0 bridgehead atoms. The molecule has 0 aliphatic carbocycles. The van der Waals surface area contributed by atoms with Gasteiger partial charge in [-0.25, -0.2) is 0 Å². The Hall–Kier alpha value is -1.97. The van der Waals surface area contributed by atoms with E-state index < -0.39 is 0 Å². The van der Waals surface area contributed by atoms with E-state index in [0.717, 1.165) is 39.0 Å². The van der Waals surface area contributed by atoms with E-state index in [4.69, 9.17) is 0 Å². The lowest BCUT2D eigenvalue weighted by atomic mass is 9.91. The van der Waals surface area contributed by atoms with Crippen molar-refractivity contribution in [2.24, 2.45) is 11.8 Å². The van der Waals surface area contributed by atoms with E-state index >= 15 is 0 Å². The number of hydrogen-bond acceptors (Lipinski definition) is 3. The lowest BCUT2D eigenvalue weighted by Crippen LogP contribution is -2.31. The van der Waals surface area contributed by atoms with Crippen LogP contribution >= 0.6 is 0 Å². The van der Waals surface area contributed by atoms with Gasteiger partial charge >= 0.3 is 0 Å². The van der Waals surface area contributed by atoms with Gasteiger partial charge in [0.1, 0.15) is 5.78 Å². The average molecular weight is 377 g/mol. The van der Waals surface area contributed by atoms with E-state index in [1.165, 1.54) is 11.1 Å². The van der Waals surface area contributed by atoms with Crippen LogP contribution in [0, 0.1) is 11.8 Å². The first-order valence-corrected chi connectivity index (χ1v) is 10.7. The second-order valence-corrected chi connectivity index (χ2v) is 8.54. The van der Waals surface area contributed by atoms with Gasteiger partial charge in [0, 0.05) is 37.0 Å². The van der Waals surface area contributed by atoms with Gasteiger partial charge in [-0.05, 0) is 50.9 Å². The Morgan fingerprint density at radius 2 is 1.14 bits per heavy atom. The van der Waals surface area contributed by atoms with Gasteiger partial charge in [0.15, 0.2) is 0 Å². The Balaban J connectivity index is 1.33. The molecule has 28 heavy (non-hydrogen) atoms. The molecular formula is C25H32N2O. The molecule has 2 aromatic rings. The maximum Gasteiger partial charge on any atom is 0.141 e. The zero-order valence-corrected chi connectivity index (χ0v) is 17.1. The number of carbonyl (C=O) groups excluding carboxylic acids is 1. The summed E-state index contributed by atoms with van der Waals surface area (Å²) in [5, 5.41) is 0. The maximum atomic E-state index is 13.2. The number of Topliss-reactive ketones (excluding diaryl/α,β-unsaturated/α-hetero) is 1. The molecule has 0 amide bonds. The van der Waals surface area contributed by atoms with Crippen molar-refractivity contribution < 1.29 is 4.79 Å². The van der Waals surface area contributed by atoms with Crippen LogP contribution in [-0.4, -0.2) is 41.8 Å². The summed E-state index contributed by atoms with van der Waals surface area (Å²) in [5.41, 5.74) is 2.69. The summed E-state index contributed by atoms with van der Waals surface area (Å²) in [5.74, 6) is 0.928. The van der Waals surface area contributed by atoms with Crippen molar-refractivity contribution >= 4 is 5.78 Å². The van der Waals surface area contributed by atoms with Crippen molar-refractivity contribution in [1.29, 1.82) is 0 Å². The SMILES string of the molecule is CC(c1ccccc1)N1CCC(C(=O)C2CCN(C(C)c3ccccc3)C2)C1. The van der Waals surface area contributed by atoms with Gasteiger partial charge in [-0.2, -0.15) is 0 Å². The zero-order chi connectivity index (χ0) is 19.5. The largest absolute Gasteiger partial charge is 0.299 e. The van der Waals surface area contributed by atoms with E-state index in [9.17, 15) is 4.79 Å². The highest BCUT2D eigenvalue weighted by atomic mass is 16.1. The molecule has 0 N–H and O–H groups in total. The molecule has 3 nitrogen and oxygen atoms in total. The van der Waals surface area contributed by atoms with Gasteiger partial charge < -0.3 is 0 Å². The summed E-state index contributed by atoms with van der Waals surface area (Å²) in [6, 6.07) is 22.1. The highest BCUT2D eigenvalue weighted by Crippen LogP contribution is 2.33. The molecule has 2 fully saturated rings. The lowest BCUT2D eigenvalue weighted by molar-refractivity contribution is -0.126. The Morgan fingerprint density at radius 3 is 1.54 bits per heavy atom. The summed E-state index contributed by atoms with van der Waals surface area (Å²) in [7, 11) is 0. The van der Waals surface area contributed by atoms with Gasteiger partial charge in [0.2, 0.25) is 0 Å². The second-order valence-electron chi connectivity index (χ2n) is 8.54. The minimum absolute atomic E-state index is 0.211. The van der Waals surface area contributed by atoms with Crippen molar-refractivity contribution in [3.05, 3.63) is 71.8 Å². The van der Waals surface area contributed by atoms with E-state index in [-0.39, 0.29) is 11.8 Å². The molecule has 0 saturated carbocycles. The molecule has 2 aromatic carbocycles. The fraction of sp³-hybridized carbons (Fsp3) is 0.480. The van der Waals surface area contributed by atoms with Gasteiger partial charge in [0.05, 0.1) is 0 Å². The van der Waals surface area contributed by atoms with E-state index in [1.807, 2.05) is 0 Å². The normalized spacial score (nSPS) is 25.6. The van der Waals surface area contributed by atoms with Crippen LogP contribution in [0.5, 0.6) is 0 Å². The first kappa shape index (κ1) is 19.4. The second kappa shape index (κ2) is 8.59. The predicted octanol–water partition coefficient (Wildman–Crippen LogP) is 4.72. The van der Waals surface area contributed by atoms with Crippen molar-refractivity contribution in [2.45, 2.75) is 38.8 Å². The van der Waals surface area contributed by atoms with Crippen LogP contribution in [0.3, 0.4) is 0 Å². The van der Waals surface area contributed by atoms with Crippen molar-refractivity contribution in [2.75, 3.05) is 26.2 Å². The molecule has 4 rings (SSSR count). The predicted molar refractivity (Wildman–Crippen MR) is 114 cm³/mol. The number of ketones is 1. The summed E-state index contributed by atoms with van der Waals surface area (Å²) < 4.78 is 0. The van der Waals surface area contributed by atoms with Gasteiger partial charge in [-0.15, -0.1) is 0 Å². The molecule has 4 unspecified atom stereocenters. The van der Waals surface area contributed by atoms with E-state index in [0.29, 0.717) is 17.9 Å². The Kier molecular flexibility index (Phi) is 5.93. The Labute approximate surface area is 169 Å². The Bertz CT molecular complexity index is 710. The molecule has 2 heterocycles. The van der Waals surface area contributed by atoms with Crippen molar-refractivity contribution in [3.63, 3.8) is 0 Å². The molecule has 2 aliphatic heterocycles. The minimum atomic E-state index is 0.211. The quantitative estimate of drug-likeness (QED) is 0.729. The number of carbonyl (C=O) groups is 1. The van der Waals surface area contributed by atoms with Gasteiger partial charge in [0.25, 0.3) is 0 Å². The third kappa shape index (κ3) is 4.06. The lowest BCUT2D eigenvalue weighted by Gasteiger charge is -2.26. The molecule has 2 aliphatic rings. The fourth-order valence-corrected chi connectivity index (χ4v) is 4.96. The van der Waals surface area contributed by atoms with E-state index in [1.54, 1.807) is 0 Å². The number of likely N-dealkylation sites (tertiary alicyclic amines) is 2. The first-order chi connectivity index (χ1) is 13.6. The molecule has 0 spiro atoms. The van der Waals surface area contributed by atoms with Crippen LogP contribution in [0.4, 0.5) is 0 Å². The molecule has 0 aromatic heterocycles. The van der Waals surface area contributed by atoms with Gasteiger partial charge in [-0.3, -0.25) is 14.6 Å². The van der Waals surface area contributed by atoms with E-state index in [2.05, 4.69) is 84.3 Å². The standard InChI is InChI=1S/C25H32N2O/c1-19(21-9-5-3-6-10-21)26-15-13-23(17-26)25(28)24-14-16-27(18-24)20(2)22-11-7-4-8-12-22/h3-12,19-20,23-24H,13-18H2,1-2H3. The zero-order valence-electron chi connectivity index (χ0n) is 17.1. The summed E-state index contributed by atoms with van der Waals surface area (Å²) in [6.45, 7) is 8.42. The van der Waals surface area contributed by atoms with Crippen LogP contribution < -0.4 is 0 Å². The first-order valence-electron chi connectivity index (χ1n) is 10.7. The maximum absolute atomic E-state index is 13.2.